The van der Waals surface area contributed by atoms with Crippen LogP contribution in [0.4, 0.5) is 5.69 Å². The highest BCUT2D eigenvalue weighted by Crippen LogP contribution is 2.32. The molecular formula is C13H13NOS. The molecule has 2 aromatic rings. The Morgan fingerprint density at radius 1 is 1.12 bits per heavy atom. The number of anilines is 1. The Labute approximate surface area is 99.1 Å². The summed E-state index contributed by atoms with van der Waals surface area (Å²) in [5, 5.41) is 9.82. The molecule has 0 amide bonds. The largest absolute Gasteiger partial charge is 0.507 e. The van der Waals surface area contributed by atoms with Gasteiger partial charge in [0.25, 0.3) is 0 Å². The molecule has 0 spiro atoms. The number of thioether (sulfide) groups is 1. The minimum atomic E-state index is 0.221. The van der Waals surface area contributed by atoms with Crippen LogP contribution in [-0.4, -0.2) is 11.4 Å². The van der Waals surface area contributed by atoms with E-state index in [1.165, 1.54) is 4.90 Å². The fourth-order valence-electron chi connectivity index (χ4n) is 1.58. The van der Waals surface area contributed by atoms with Crippen molar-refractivity contribution in [2.75, 3.05) is 12.0 Å². The van der Waals surface area contributed by atoms with Gasteiger partial charge in [-0.2, -0.15) is 0 Å². The molecule has 2 nitrogen and oxygen atoms in total. The summed E-state index contributed by atoms with van der Waals surface area (Å²) in [5.41, 5.74) is 7.98. The van der Waals surface area contributed by atoms with E-state index in [1.54, 1.807) is 23.9 Å². The minimum absolute atomic E-state index is 0.221. The van der Waals surface area contributed by atoms with Gasteiger partial charge in [0, 0.05) is 22.2 Å². The summed E-state index contributed by atoms with van der Waals surface area (Å²) < 4.78 is 0. The first kappa shape index (κ1) is 10.9. The van der Waals surface area contributed by atoms with E-state index in [0.29, 0.717) is 5.69 Å². The number of nitrogen functional groups attached to an aromatic ring is 1. The van der Waals surface area contributed by atoms with Crippen molar-refractivity contribution in [1.82, 2.24) is 0 Å². The molecule has 0 aliphatic rings. The highest BCUT2D eigenvalue weighted by molar-refractivity contribution is 7.98. The number of hydrogen-bond donors (Lipinski definition) is 2. The monoisotopic (exact) mass is 231 g/mol. The molecule has 2 rings (SSSR count). The van der Waals surface area contributed by atoms with Gasteiger partial charge in [-0.15, -0.1) is 11.8 Å². The molecular weight excluding hydrogens is 218 g/mol. The van der Waals surface area contributed by atoms with E-state index in [-0.39, 0.29) is 5.75 Å². The van der Waals surface area contributed by atoms with E-state index >= 15 is 0 Å². The summed E-state index contributed by atoms with van der Waals surface area (Å²) in [7, 11) is 0. The van der Waals surface area contributed by atoms with Gasteiger partial charge >= 0.3 is 0 Å². The van der Waals surface area contributed by atoms with Crippen LogP contribution in [0.15, 0.2) is 47.4 Å². The molecule has 0 bridgehead atoms. The average molecular weight is 231 g/mol. The van der Waals surface area contributed by atoms with Gasteiger partial charge in [-0.3, -0.25) is 0 Å². The number of phenols is 1. The average Bonchev–Trinajstić information content (AvgIpc) is 2.29. The second-order valence-electron chi connectivity index (χ2n) is 3.51. The molecule has 0 aliphatic carbocycles. The topological polar surface area (TPSA) is 46.2 Å². The van der Waals surface area contributed by atoms with Gasteiger partial charge in [-0.1, -0.05) is 12.1 Å². The molecule has 0 fully saturated rings. The van der Waals surface area contributed by atoms with Gasteiger partial charge in [0.15, 0.2) is 0 Å². The summed E-state index contributed by atoms with van der Waals surface area (Å²) in [6.07, 6.45) is 2.03. The predicted octanol–water partition coefficient (Wildman–Crippen LogP) is 3.36. The molecule has 3 heteroatoms. The van der Waals surface area contributed by atoms with Crippen molar-refractivity contribution in [1.29, 1.82) is 0 Å². The van der Waals surface area contributed by atoms with Crippen molar-refractivity contribution in [3.63, 3.8) is 0 Å². The number of nitrogens with two attached hydrogens (primary N) is 1. The minimum Gasteiger partial charge on any atom is -0.507 e. The first-order valence-electron chi connectivity index (χ1n) is 4.93. The van der Waals surface area contributed by atoms with Gasteiger partial charge in [0.2, 0.25) is 0 Å². The fraction of sp³-hybridized carbons (Fsp3) is 0.0769. The summed E-state index contributed by atoms with van der Waals surface area (Å²) in [6, 6.07) is 13.3. The second kappa shape index (κ2) is 4.49. The molecule has 0 atom stereocenters. The molecule has 0 saturated carbocycles. The lowest BCUT2D eigenvalue weighted by Gasteiger charge is -2.06. The number of rotatable bonds is 2. The zero-order valence-electron chi connectivity index (χ0n) is 8.97. The van der Waals surface area contributed by atoms with Crippen LogP contribution in [0.2, 0.25) is 0 Å². The van der Waals surface area contributed by atoms with Crippen molar-refractivity contribution in [2.45, 2.75) is 4.90 Å². The van der Waals surface area contributed by atoms with Crippen LogP contribution < -0.4 is 5.73 Å². The Hall–Kier alpha value is -1.61. The van der Waals surface area contributed by atoms with Crippen LogP contribution in [0, 0.1) is 0 Å². The van der Waals surface area contributed by atoms with Crippen LogP contribution in [0.25, 0.3) is 11.1 Å². The van der Waals surface area contributed by atoms with Crippen molar-refractivity contribution >= 4 is 17.4 Å². The number of hydrogen-bond acceptors (Lipinski definition) is 3. The predicted molar refractivity (Wildman–Crippen MR) is 69.7 cm³/mol. The standard InChI is InChI=1S/C13H13NOS/c1-16-11-4-2-3-9(7-11)12-6-5-10(14)8-13(12)15/h2-8,15H,14H2,1H3. The van der Waals surface area contributed by atoms with E-state index in [1.807, 2.05) is 30.5 Å². The van der Waals surface area contributed by atoms with Gasteiger partial charge in [0.1, 0.15) is 5.75 Å². The van der Waals surface area contributed by atoms with E-state index < -0.39 is 0 Å². The lowest BCUT2D eigenvalue weighted by molar-refractivity contribution is 0.477. The molecule has 0 aliphatic heterocycles. The Morgan fingerprint density at radius 2 is 1.94 bits per heavy atom. The SMILES string of the molecule is CSc1cccc(-c2ccc(N)cc2O)c1. The second-order valence-corrected chi connectivity index (χ2v) is 4.39. The Bertz CT molecular complexity index is 511. The summed E-state index contributed by atoms with van der Waals surface area (Å²) >= 11 is 1.68. The molecule has 3 N–H and O–H groups in total. The van der Waals surface area contributed by atoms with E-state index in [2.05, 4.69) is 6.07 Å². The third-order valence-electron chi connectivity index (χ3n) is 2.40. The van der Waals surface area contributed by atoms with Crippen LogP contribution in [0.3, 0.4) is 0 Å². The maximum absolute atomic E-state index is 9.82. The van der Waals surface area contributed by atoms with Gasteiger partial charge < -0.3 is 10.8 Å². The third-order valence-corrected chi connectivity index (χ3v) is 3.13. The zero-order chi connectivity index (χ0) is 11.5. The van der Waals surface area contributed by atoms with E-state index in [4.69, 9.17) is 5.73 Å². The van der Waals surface area contributed by atoms with Crippen molar-refractivity contribution < 1.29 is 5.11 Å². The first-order chi connectivity index (χ1) is 7.70. The third kappa shape index (κ3) is 2.14. The summed E-state index contributed by atoms with van der Waals surface area (Å²) in [6.45, 7) is 0. The highest BCUT2D eigenvalue weighted by Gasteiger charge is 2.04. The normalized spacial score (nSPS) is 10.3. The molecule has 0 aromatic heterocycles. The van der Waals surface area contributed by atoms with Crippen LogP contribution >= 0.6 is 11.8 Å². The first-order valence-corrected chi connectivity index (χ1v) is 6.16. The summed E-state index contributed by atoms with van der Waals surface area (Å²) in [5.74, 6) is 0.221. The molecule has 0 unspecified atom stereocenters. The Balaban J connectivity index is 2.49. The summed E-state index contributed by atoms with van der Waals surface area (Å²) in [4.78, 5) is 1.17. The zero-order valence-corrected chi connectivity index (χ0v) is 9.79. The number of benzene rings is 2. The van der Waals surface area contributed by atoms with Crippen molar-refractivity contribution in [2.24, 2.45) is 0 Å². The molecule has 2 aromatic carbocycles. The smallest absolute Gasteiger partial charge is 0.125 e. The fourth-order valence-corrected chi connectivity index (χ4v) is 2.04. The molecule has 16 heavy (non-hydrogen) atoms. The maximum Gasteiger partial charge on any atom is 0.125 e. The van der Waals surface area contributed by atoms with Crippen molar-refractivity contribution in [3.05, 3.63) is 42.5 Å². The van der Waals surface area contributed by atoms with Crippen LogP contribution in [-0.2, 0) is 0 Å². The lowest BCUT2D eigenvalue weighted by atomic mass is 10.0. The number of aromatic hydroxyl groups is 1. The molecule has 0 radical (unpaired) electrons. The Kier molecular flexibility index (Phi) is 3.06. The quantitative estimate of drug-likeness (QED) is 0.615. The van der Waals surface area contributed by atoms with E-state index in [9.17, 15) is 5.11 Å². The maximum atomic E-state index is 9.82. The van der Waals surface area contributed by atoms with Gasteiger partial charge in [0.05, 0.1) is 0 Å². The molecule has 82 valence electrons. The van der Waals surface area contributed by atoms with Gasteiger partial charge in [-0.25, -0.2) is 0 Å². The Morgan fingerprint density at radius 3 is 2.62 bits per heavy atom. The molecule has 0 saturated heterocycles. The van der Waals surface area contributed by atoms with Gasteiger partial charge in [-0.05, 0) is 36.1 Å². The van der Waals surface area contributed by atoms with E-state index in [0.717, 1.165) is 11.1 Å². The van der Waals surface area contributed by atoms with Crippen molar-refractivity contribution in [3.8, 4) is 16.9 Å². The highest BCUT2D eigenvalue weighted by atomic mass is 32.2. The lowest BCUT2D eigenvalue weighted by Crippen LogP contribution is -1.85. The number of phenolic OH excluding ortho intramolecular Hbond substituents is 1. The van der Waals surface area contributed by atoms with Crippen LogP contribution in [0.5, 0.6) is 5.75 Å². The molecule has 0 heterocycles. The van der Waals surface area contributed by atoms with Crippen LogP contribution in [0.1, 0.15) is 0 Å².